The number of pyridine rings is 1. The molecule has 5 heteroatoms. The van der Waals surface area contributed by atoms with E-state index in [2.05, 4.69) is 6.07 Å². The third-order valence-electron chi connectivity index (χ3n) is 4.49. The number of aromatic nitrogens is 3. The fourth-order valence-electron chi connectivity index (χ4n) is 3.41. The van der Waals surface area contributed by atoms with E-state index in [9.17, 15) is 5.26 Å². The van der Waals surface area contributed by atoms with Crippen molar-refractivity contribution in [3.05, 3.63) is 77.6 Å². The third-order valence-corrected chi connectivity index (χ3v) is 4.82. The van der Waals surface area contributed by atoms with Gasteiger partial charge in [0.15, 0.2) is 0 Å². The second-order valence-corrected chi connectivity index (χ2v) is 6.23. The fraction of sp³-hybridized carbons (Fsp3) is 0. The minimum absolute atomic E-state index is 0.637. The molecule has 5 aromatic rings. The highest BCUT2D eigenvalue weighted by Gasteiger charge is 2.19. The van der Waals surface area contributed by atoms with Crippen LogP contribution in [0.1, 0.15) is 5.56 Å². The van der Waals surface area contributed by atoms with Crippen LogP contribution in [-0.2, 0) is 0 Å². The Kier molecular flexibility index (Phi) is 2.87. The summed E-state index contributed by atoms with van der Waals surface area (Å²) in [6, 6.07) is 19.8. The first-order valence-electron chi connectivity index (χ1n) is 7.84. The molecule has 0 aliphatic rings. The number of rotatable bonds is 1. The van der Waals surface area contributed by atoms with E-state index in [1.54, 1.807) is 0 Å². The minimum Gasteiger partial charge on any atom is -0.300 e. The molecule has 4 aromatic heterocycles. The van der Waals surface area contributed by atoms with Crippen LogP contribution in [0.3, 0.4) is 0 Å². The van der Waals surface area contributed by atoms with E-state index >= 15 is 0 Å². The first-order chi connectivity index (χ1) is 12.3. The smallest absolute Gasteiger partial charge is 0.150 e. The molecule has 4 heterocycles. The number of fused-ring (bicyclic) bond motifs is 5. The van der Waals surface area contributed by atoms with Gasteiger partial charge in [0.2, 0.25) is 0 Å². The Labute approximate surface area is 148 Å². The van der Waals surface area contributed by atoms with Gasteiger partial charge in [-0.1, -0.05) is 29.8 Å². The first-order valence-corrected chi connectivity index (χ1v) is 8.22. The topological polar surface area (TPSA) is 45.5 Å². The van der Waals surface area contributed by atoms with Gasteiger partial charge in [-0.2, -0.15) is 5.26 Å². The SMILES string of the molecule is N#Cc1c2c3cccn3c(-c3ccccc3Cl)nc2n2ccccc12. The van der Waals surface area contributed by atoms with E-state index in [-0.39, 0.29) is 0 Å². The molecule has 0 amide bonds. The zero-order chi connectivity index (χ0) is 17.0. The van der Waals surface area contributed by atoms with Crippen molar-refractivity contribution in [2.24, 2.45) is 0 Å². The molecule has 0 saturated carbocycles. The summed E-state index contributed by atoms with van der Waals surface area (Å²) in [5.74, 6) is 0.755. The lowest BCUT2D eigenvalue weighted by molar-refractivity contribution is 1.11. The van der Waals surface area contributed by atoms with E-state index in [1.807, 2.05) is 75.8 Å². The van der Waals surface area contributed by atoms with Crippen LogP contribution in [-0.4, -0.2) is 13.8 Å². The van der Waals surface area contributed by atoms with Crippen molar-refractivity contribution < 1.29 is 0 Å². The molecule has 0 aliphatic carbocycles. The molecule has 0 fully saturated rings. The maximum absolute atomic E-state index is 9.73. The van der Waals surface area contributed by atoms with Crippen molar-refractivity contribution in [1.29, 1.82) is 5.26 Å². The molecule has 25 heavy (non-hydrogen) atoms. The second-order valence-electron chi connectivity index (χ2n) is 5.82. The van der Waals surface area contributed by atoms with Gasteiger partial charge >= 0.3 is 0 Å². The molecule has 0 atom stereocenters. The lowest BCUT2D eigenvalue weighted by Crippen LogP contribution is -1.97. The van der Waals surface area contributed by atoms with Gasteiger partial charge in [0.1, 0.15) is 17.5 Å². The first kappa shape index (κ1) is 14.1. The largest absolute Gasteiger partial charge is 0.300 e. The summed E-state index contributed by atoms with van der Waals surface area (Å²) in [7, 11) is 0. The number of hydrogen-bond acceptors (Lipinski definition) is 2. The highest BCUT2D eigenvalue weighted by atomic mass is 35.5. The van der Waals surface area contributed by atoms with Crippen molar-refractivity contribution in [1.82, 2.24) is 13.8 Å². The van der Waals surface area contributed by atoms with E-state index in [0.717, 1.165) is 33.5 Å². The summed E-state index contributed by atoms with van der Waals surface area (Å²) < 4.78 is 3.95. The molecule has 0 bridgehead atoms. The van der Waals surface area contributed by atoms with Gasteiger partial charge in [-0.05, 0) is 36.4 Å². The monoisotopic (exact) mass is 342 g/mol. The lowest BCUT2D eigenvalue weighted by atomic mass is 10.1. The van der Waals surface area contributed by atoms with E-state index in [1.165, 1.54) is 0 Å². The van der Waals surface area contributed by atoms with Crippen molar-refractivity contribution in [2.45, 2.75) is 0 Å². The summed E-state index contributed by atoms with van der Waals surface area (Å²) in [4.78, 5) is 4.89. The van der Waals surface area contributed by atoms with Gasteiger partial charge in [0.25, 0.3) is 0 Å². The highest BCUT2D eigenvalue weighted by Crippen LogP contribution is 2.34. The van der Waals surface area contributed by atoms with Gasteiger partial charge in [-0.25, -0.2) is 4.98 Å². The average Bonchev–Trinajstić information content (AvgIpc) is 3.24. The van der Waals surface area contributed by atoms with Gasteiger partial charge in [-0.3, -0.25) is 4.40 Å². The standard InChI is InChI=1S/C20H11ClN4/c21-15-7-2-1-6-13(15)19-23-20-18(17-9-5-11-25(17)19)14(12-22)16-8-3-4-10-24(16)20/h1-11H. The Morgan fingerprint density at radius 2 is 1.64 bits per heavy atom. The Hall–Kier alpha value is -3.29. The maximum atomic E-state index is 9.73. The summed E-state index contributed by atoms with van der Waals surface area (Å²) in [5.41, 5.74) is 4.05. The minimum atomic E-state index is 0.637. The fourth-order valence-corrected chi connectivity index (χ4v) is 3.63. The molecule has 4 nitrogen and oxygen atoms in total. The zero-order valence-corrected chi connectivity index (χ0v) is 13.8. The summed E-state index contributed by atoms with van der Waals surface area (Å²) in [5, 5.41) is 11.2. The van der Waals surface area contributed by atoms with Crippen LogP contribution in [0.5, 0.6) is 0 Å². The highest BCUT2D eigenvalue weighted by molar-refractivity contribution is 6.33. The Morgan fingerprint density at radius 3 is 2.48 bits per heavy atom. The van der Waals surface area contributed by atoms with Crippen molar-refractivity contribution in [3.63, 3.8) is 0 Å². The number of benzene rings is 1. The van der Waals surface area contributed by atoms with Crippen LogP contribution in [0, 0.1) is 11.3 Å². The van der Waals surface area contributed by atoms with Crippen LogP contribution in [0.25, 0.3) is 33.5 Å². The average molecular weight is 343 g/mol. The molecular weight excluding hydrogens is 332 g/mol. The second kappa shape index (κ2) is 5.10. The van der Waals surface area contributed by atoms with Gasteiger partial charge < -0.3 is 4.40 Å². The molecule has 0 saturated heterocycles. The molecule has 0 N–H and O–H groups in total. The van der Waals surface area contributed by atoms with Crippen molar-refractivity contribution in [2.75, 3.05) is 0 Å². The zero-order valence-electron chi connectivity index (χ0n) is 13.0. The Morgan fingerprint density at radius 1 is 0.880 bits per heavy atom. The Bertz CT molecular complexity index is 1320. The summed E-state index contributed by atoms with van der Waals surface area (Å²) in [6.07, 6.45) is 3.88. The van der Waals surface area contributed by atoms with Crippen LogP contribution in [0.15, 0.2) is 67.0 Å². The van der Waals surface area contributed by atoms with Gasteiger partial charge in [-0.15, -0.1) is 0 Å². The molecule has 1 aromatic carbocycles. The van der Waals surface area contributed by atoms with Crippen LogP contribution < -0.4 is 0 Å². The molecule has 0 radical (unpaired) electrons. The summed E-state index contributed by atoms with van der Waals surface area (Å²) in [6.45, 7) is 0. The third kappa shape index (κ3) is 1.84. The van der Waals surface area contributed by atoms with Crippen LogP contribution in [0.2, 0.25) is 5.02 Å². The normalized spacial score (nSPS) is 11.4. The summed E-state index contributed by atoms with van der Waals surface area (Å²) >= 11 is 6.42. The quantitative estimate of drug-likeness (QED) is 0.433. The molecule has 0 aliphatic heterocycles. The molecule has 118 valence electrons. The van der Waals surface area contributed by atoms with Crippen molar-refractivity contribution in [3.8, 4) is 17.5 Å². The predicted octanol–water partition coefficient (Wildman–Crippen LogP) is 4.93. The Balaban J connectivity index is 2.06. The number of hydrogen-bond donors (Lipinski definition) is 0. The predicted molar refractivity (Wildman–Crippen MR) is 98.8 cm³/mol. The number of nitriles is 1. The lowest BCUT2D eigenvalue weighted by Gasteiger charge is -2.09. The van der Waals surface area contributed by atoms with Crippen LogP contribution >= 0.6 is 11.6 Å². The molecule has 5 rings (SSSR count). The maximum Gasteiger partial charge on any atom is 0.150 e. The number of nitrogens with zero attached hydrogens (tertiary/aromatic N) is 4. The van der Waals surface area contributed by atoms with E-state index < -0.39 is 0 Å². The molecular formula is C20H11ClN4. The van der Waals surface area contributed by atoms with Gasteiger partial charge in [0.05, 0.1) is 27.0 Å². The van der Waals surface area contributed by atoms with Gasteiger partial charge in [0, 0.05) is 18.0 Å². The number of halogens is 1. The molecule has 0 spiro atoms. The molecule has 0 unspecified atom stereocenters. The van der Waals surface area contributed by atoms with E-state index in [0.29, 0.717) is 10.6 Å². The van der Waals surface area contributed by atoms with Crippen molar-refractivity contribution >= 4 is 33.7 Å². The van der Waals surface area contributed by atoms with Crippen LogP contribution in [0.4, 0.5) is 0 Å². The van der Waals surface area contributed by atoms with E-state index in [4.69, 9.17) is 16.6 Å².